The molecule has 2 atom stereocenters. The number of fused-ring (bicyclic) bond motifs is 1. The number of nitrogens with zero attached hydrogens (tertiary/aromatic N) is 2. The lowest BCUT2D eigenvalue weighted by Crippen LogP contribution is -2.42. The molecule has 1 amide bonds. The van der Waals surface area contributed by atoms with Crippen molar-refractivity contribution in [3.8, 4) is 0 Å². The lowest BCUT2D eigenvalue weighted by Gasteiger charge is -2.25. The molecule has 0 aliphatic carbocycles. The summed E-state index contributed by atoms with van der Waals surface area (Å²) in [6.07, 6.45) is 1.49. The molecule has 2 heterocycles. The van der Waals surface area contributed by atoms with Crippen LogP contribution in [0.15, 0.2) is 24.3 Å². The summed E-state index contributed by atoms with van der Waals surface area (Å²) < 4.78 is 18.7. The Bertz CT molecular complexity index is 506. The van der Waals surface area contributed by atoms with Crippen LogP contribution in [-0.2, 0) is 16.0 Å². The zero-order valence-corrected chi connectivity index (χ0v) is 12.3. The molecule has 4 nitrogen and oxygen atoms in total. The first-order chi connectivity index (χ1) is 10.1. The number of carbonyl (C=O) groups is 1. The first-order valence-electron chi connectivity index (χ1n) is 7.47. The molecule has 5 heteroatoms. The molecule has 3 rings (SSSR count). The molecule has 2 aliphatic heterocycles. The smallest absolute Gasteiger partial charge is 0.225 e. The van der Waals surface area contributed by atoms with Gasteiger partial charge in [0.15, 0.2) is 0 Å². The van der Waals surface area contributed by atoms with Gasteiger partial charge in [-0.3, -0.25) is 9.69 Å². The molecular weight excluding hydrogens is 271 g/mol. The van der Waals surface area contributed by atoms with Gasteiger partial charge in [0.2, 0.25) is 5.91 Å². The molecule has 114 valence electrons. The number of rotatable bonds is 3. The molecule has 2 saturated heterocycles. The highest BCUT2D eigenvalue weighted by atomic mass is 19.1. The molecule has 2 fully saturated rings. The van der Waals surface area contributed by atoms with Gasteiger partial charge >= 0.3 is 0 Å². The Morgan fingerprint density at radius 1 is 1.29 bits per heavy atom. The van der Waals surface area contributed by atoms with E-state index in [-0.39, 0.29) is 23.9 Å². The second kappa shape index (κ2) is 6.12. The average Bonchev–Trinajstić information content (AvgIpc) is 2.83. The van der Waals surface area contributed by atoms with Crippen LogP contribution in [0.1, 0.15) is 12.0 Å². The summed E-state index contributed by atoms with van der Waals surface area (Å²) in [5.74, 6) is -0.0291. The number of likely N-dealkylation sites (N-methyl/N-ethyl adjacent to an activating group) is 1. The Balaban J connectivity index is 1.57. The van der Waals surface area contributed by atoms with E-state index in [1.807, 2.05) is 24.1 Å². The molecule has 0 spiro atoms. The van der Waals surface area contributed by atoms with Gasteiger partial charge in [-0.1, -0.05) is 12.1 Å². The van der Waals surface area contributed by atoms with Crippen molar-refractivity contribution in [1.29, 1.82) is 0 Å². The normalized spacial score (nSPS) is 26.8. The third kappa shape index (κ3) is 3.24. The fourth-order valence-corrected chi connectivity index (χ4v) is 3.15. The number of carbonyl (C=O) groups excluding carboxylic acids is 1. The average molecular weight is 292 g/mol. The molecule has 0 bridgehead atoms. The van der Waals surface area contributed by atoms with Gasteiger partial charge in [-0.2, -0.15) is 0 Å². The topological polar surface area (TPSA) is 32.8 Å². The maximum Gasteiger partial charge on any atom is 0.225 e. The van der Waals surface area contributed by atoms with E-state index in [1.54, 1.807) is 0 Å². The second-order valence-electron chi connectivity index (χ2n) is 5.87. The zero-order valence-electron chi connectivity index (χ0n) is 12.3. The van der Waals surface area contributed by atoms with Crippen LogP contribution in [0.4, 0.5) is 4.39 Å². The highest BCUT2D eigenvalue weighted by Gasteiger charge is 2.39. The van der Waals surface area contributed by atoms with Crippen molar-refractivity contribution in [2.75, 3.05) is 33.3 Å². The molecule has 2 aliphatic rings. The quantitative estimate of drug-likeness (QED) is 0.842. The van der Waals surface area contributed by atoms with Crippen LogP contribution in [-0.4, -0.2) is 61.1 Å². The Morgan fingerprint density at radius 3 is 2.81 bits per heavy atom. The Hall–Kier alpha value is -1.46. The monoisotopic (exact) mass is 292 g/mol. The van der Waals surface area contributed by atoms with Crippen LogP contribution in [0.5, 0.6) is 0 Å². The van der Waals surface area contributed by atoms with Crippen molar-refractivity contribution in [1.82, 2.24) is 9.80 Å². The third-order valence-electron chi connectivity index (χ3n) is 4.48. The molecule has 0 saturated carbocycles. The SMILES string of the molecule is CN1C(=O)CCO[C@H]2CN(CCc3ccc(F)cc3)C[C@@H]21. The summed E-state index contributed by atoms with van der Waals surface area (Å²) in [6.45, 7) is 3.15. The van der Waals surface area contributed by atoms with Gasteiger partial charge in [0.25, 0.3) is 0 Å². The van der Waals surface area contributed by atoms with Crippen LogP contribution < -0.4 is 0 Å². The molecule has 1 aromatic rings. The van der Waals surface area contributed by atoms with Gasteiger partial charge < -0.3 is 9.64 Å². The Labute approximate surface area is 124 Å². The standard InChI is InChI=1S/C16H21FN2O2/c1-18-14-10-19(11-15(14)21-9-7-16(18)20)8-6-12-2-4-13(17)5-3-12/h2-5,14-15H,6-11H2,1H3/t14-,15-/m0/s1. The van der Waals surface area contributed by atoms with Crippen molar-refractivity contribution >= 4 is 5.91 Å². The van der Waals surface area contributed by atoms with Crippen molar-refractivity contribution in [3.05, 3.63) is 35.6 Å². The van der Waals surface area contributed by atoms with Crippen molar-refractivity contribution in [3.63, 3.8) is 0 Å². The maximum absolute atomic E-state index is 12.9. The molecular formula is C16H21FN2O2. The molecule has 0 N–H and O–H groups in total. The fourth-order valence-electron chi connectivity index (χ4n) is 3.15. The number of benzene rings is 1. The zero-order chi connectivity index (χ0) is 14.8. The minimum absolute atomic E-state index is 0.120. The van der Waals surface area contributed by atoms with E-state index in [9.17, 15) is 9.18 Å². The minimum atomic E-state index is -0.198. The second-order valence-corrected chi connectivity index (χ2v) is 5.87. The van der Waals surface area contributed by atoms with E-state index < -0.39 is 0 Å². The van der Waals surface area contributed by atoms with E-state index in [0.717, 1.165) is 31.6 Å². The van der Waals surface area contributed by atoms with E-state index in [2.05, 4.69) is 4.90 Å². The van der Waals surface area contributed by atoms with Crippen molar-refractivity contribution in [2.24, 2.45) is 0 Å². The van der Waals surface area contributed by atoms with Gasteiger partial charge in [-0.15, -0.1) is 0 Å². The van der Waals surface area contributed by atoms with Gasteiger partial charge in [-0.05, 0) is 24.1 Å². The predicted molar refractivity (Wildman–Crippen MR) is 77.5 cm³/mol. The third-order valence-corrected chi connectivity index (χ3v) is 4.48. The maximum atomic E-state index is 12.9. The molecule has 0 radical (unpaired) electrons. The molecule has 0 unspecified atom stereocenters. The van der Waals surface area contributed by atoms with Gasteiger partial charge in [-0.25, -0.2) is 4.39 Å². The molecule has 21 heavy (non-hydrogen) atoms. The van der Waals surface area contributed by atoms with Gasteiger partial charge in [0, 0.05) is 26.7 Å². The summed E-state index contributed by atoms with van der Waals surface area (Å²) in [7, 11) is 1.87. The minimum Gasteiger partial charge on any atom is -0.374 e. The van der Waals surface area contributed by atoms with Crippen LogP contribution in [0.3, 0.4) is 0 Å². The highest BCUT2D eigenvalue weighted by Crippen LogP contribution is 2.22. The molecule has 1 aromatic carbocycles. The highest BCUT2D eigenvalue weighted by molar-refractivity contribution is 5.76. The van der Waals surface area contributed by atoms with Crippen LogP contribution in [0, 0.1) is 5.82 Å². The van der Waals surface area contributed by atoms with E-state index >= 15 is 0 Å². The number of ether oxygens (including phenoxy) is 1. The summed E-state index contributed by atoms with van der Waals surface area (Å²) in [5, 5.41) is 0. The fraction of sp³-hybridized carbons (Fsp3) is 0.562. The molecule has 0 aromatic heterocycles. The lowest BCUT2D eigenvalue weighted by atomic mass is 10.1. The number of hydrogen-bond acceptors (Lipinski definition) is 3. The first kappa shape index (κ1) is 14.5. The summed E-state index contributed by atoms with van der Waals surface area (Å²) >= 11 is 0. The summed E-state index contributed by atoms with van der Waals surface area (Å²) in [6, 6.07) is 6.82. The summed E-state index contributed by atoms with van der Waals surface area (Å²) in [5.41, 5.74) is 1.13. The number of halogens is 1. The lowest BCUT2D eigenvalue weighted by molar-refractivity contribution is -0.131. The van der Waals surface area contributed by atoms with E-state index in [0.29, 0.717) is 13.0 Å². The van der Waals surface area contributed by atoms with Crippen LogP contribution in [0.25, 0.3) is 0 Å². The van der Waals surface area contributed by atoms with Crippen molar-refractivity contribution in [2.45, 2.75) is 25.0 Å². The number of hydrogen-bond donors (Lipinski definition) is 0. The van der Waals surface area contributed by atoms with Crippen LogP contribution in [0.2, 0.25) is 0 Å². The number of likely N-dealkylation sites (tertiary alicyclic amines) is 1. The largest absolute Gasteiger partial charge is 0.374 e. The predicted octanol–water partition coefficient (Wildman–Crippen LogP) is 1.30. The Kier molecular flexibility index (Phi) is 4.22. The Morgan fingerprint density at radius 2 is 2.05 bits per heavy atom. The van der Waals surface area contributed by atoms with Crippen molar-refractivity contribution < 1.29 is 13.9 Å². The summed E-state index contributed by atoms with van der Waals surface area (Å²) in [4.78, 5) is 16.0. The van der Waals surface area contributed by atoms with Gasteiger partial charge in [0.05, 0.1) is 25.2 Å². The van der Waals surface area contributed by atoms with Gasteiger partial charge in [0.1, 0.15) is 5.82 Å². The van der Waals surface area contributed by atoms with E-state index in [1.165, 1.54) is 12.1 Å². The first-order valence-corrected chi connectivity index (χ1v) is 7.47. The van der Waals surface area contributed by atoms with E-state index in [4.69, 9.17) is 4.74 Å². The van der Waals surface area contributed by atoms with Crippen LogP contribution >= 0.6 is 0 Å². The number of amides is 1.